The van der Waals surface area contributed by atoms with E-state index in [1.165, 1.54) is 35.9 Å². The molecule has 34 heavy (non-hydrogen) atoms. The first-order valence-corrected chi connectivity index (χ1v) is 11.3. The highest BCUT2D eigenvalue weighted by Gasteiger charge is 2.21. The van der Waals surface area contributed by atoms with Gasteiger partial charge in [-0.1, -0.05) is 42.1 Å². The predicted molar refractivity (Wildman–Crippen MR) is 129 cm³/mol. The molecule has 0 aliphatic heterocycles. The number of ether oxygens (including phenoxy) is 1. The normalized spacial score (nSPS) is 10.7. The van der Waals surface area contributed by atoms with E-state index in [-0.39, 0.29) is 17.5 Å². The van der Waals surface area contributed by atoms with Gasteiger partial charge in [0, 0.05) is 18.3 Å². The Morgan fingerprint density at radius 3 is 2.35 bits per heavy atom. The van der Waals surface area contributed by atoms with Crippen molar-refractivity contribution < 1.29 is 18.7 Å². The molecule has 4 aromatic rings. The fourth-order valence-electron chi connectivity index (χ4n) is 3.37. The van der Waals surface area contributed by atoms with Crippen molar-refractivity contribution in [2.24, 2.45) is 0 Å². The second-order valence-electron chi connectivity index (χ2n) is 7.23. The van der Waals surface area contributed by atoms with E-state index in [9.17, 15) is 14.0 Å². The first-order chi connectivity index (χ1) is 16.5. The number of halogens is 1. The Labute approximate surface area is 200 Å². The molecule has 0 spiro atoms. The molecule has 0 radical (unpaired) electrons. The second-order valence-corrected chi connectivity index (χ2v) is 8.18. The van der Waals surface area contributed by atoms with Gasteiger partial charge in [-0.2, -0.15) is 0 Å². The number of hydrogen-bond acceptors (Lipinski definition) is 6. The summed E-state index contributed by atoms with van der Waals surface area (Å²) in [5.41, 5.74) is 2.26. The van der Waals surface area contributed by atoms with E-state index in [0.717, 1.165) is 5.69 Å². The van der Waals surface area contributed by atoms with Gasteiger partial charge in [0.2, 0.25) is 5.91 Å². The number of carbonyl (C=O) groups excluding carboxylic acids is 2. The zero-order valence-corrected chi connectivity index (χ0v) is 19.3. The van der Waals surface area contributed by atoms with Gasteiger partial charge in [-0.3, -0.25) is 9.36 Å². The lowest BCUT2D eigenvalue weighted by atomic mass is 10.1. The number of methoxy groups -OCH3 is 1. The average molecular weight is 477 g/mol. The topological polar surface area (TPSA) is 77.3 Å². The molecule has 3 aromatic carbocycles. The Morgan fingerprint density at radius 2 is 1.65 bits per heavy atom. The molecule has 0 bridgehead atoms. The minimum Gasteiger partial charge on any atom is -0.465 e. The number of nitrogens with zero attached hydrogens (tertiary/aromatic N) is 4. The molecule has 9 heteroatoms. The van der Waals surface area contributed by atoms with Gasteiger partial charge in [0.15, 0.2) is 11.0 Å². The average Bonchev–Trinajstić information content (AvgIpc) is 3.31. The summed E-state index contributed by atoms with van der Waals surface area (Å²) in [5, 5.41) is 9.11. The molecule has 0 fully saturated rings. The summed E-state index contributed by atoms with van der Waals surface area (Å²) in [5.74, 6) is -0.501. The third kappa shape index (κ3) is 4.84. The van der Waals surface area contributed by atoms with Crippen LogP contribution in [0.5, 0.6) is 0 Å². The van der Waals surface area contributed by atoms with Gasteiger partial charge >= 0.3 is 5.97 Å². The SMILES string of the molecule is COC(=O)c1ccccc1N(C)C(=O)CSc1nnc(-c2ccc(F)cc2)n1-c1ccccc1. The quantitative estimate of drug-likeness (QED) is 0.286. The lowest BCUT2D eigenvalue weighted by Gasteiger charge is -2.19. The Bertz CT molecular complexity index is 1310. The Hall–Kier alpha value is -3.98. The molecule has 1 heterocycles. The van der Waals surface area contributed by atoms with Crippen LogP contribution in [0, 0.1) is 5.82 Å². The molecule has 1 aromatic heterocycles. The Kier molecular flexibility index (Phi) is 7.03. The third-order valence-corrected chi connectivity index (χ3v) is 6.03. The molecule has 0 saturated heterocycles. The van der Waals surface area contributed by atoms with Crippen LogP contribution in [0.25, 0.3) is 17.1 Å². The molecule has 0 aliphatic rings. The molecule has 0 N–H and O–H groups in total. The summed E-state index contributed by atoms with van der Waals surface area (Å²) in [6, 6.07) is 22.2. The van der Waals surface area contributed by atoms with Gasteiger partial charge in [-0.25, -0.2) is 9.18 Å². The molecular formula is C25H21FN4O3S. The van der Waals surface area contributed by atoms with E-state index in [1.54, 1.807) is 43.4 Å². The number of thioether (sulfide) groups is 1. The van der Waals surface area contributed by atoms with Crippen LogP contribution in [0.2, 0.25) is 0 Å². The van der Waals surface area contributed by atoms with E-state index in [2.05, 4.69) is 10.2 Å². The first-order valence-electron chi connectivity index (χ1n) is 10.3. The predicted octanol–water partition coefficient (Wildman–Crippen LogP) is 4.62. The monoisotopic (exact) mass is 476 g/mol. The minimum atomic E-state index is -0.518. The molecule has 172 valence electrons. The third-order valence-electron chi connectivity index (χ3n) is 5.12. The van der Waals surface area contributed by atoms with Crippen LogP contribution in [0.3, 0.4) is 0 Å². The molecule has 4 rings (SSSR count). The number of benzene rings is 3. The van der Waals surface area contributed by atoms with Gasteiger partial charge in [0.1, 0.15) is 5.82 Å². The summed E-state index contributed by atoms with van der Waals surface area (Å²) in [4.78, 5) is 26.5. The summed E-state index contributed by atoms with van der Waals surface area (Å²) in [6.07, 6.45) is 0. The number of para-hydroxylation sites is 2. The van der Waals surface area contributed by atoms with E-state index >= 15 is 0 Å². The summed E-state index contributed by atoms with van der Waals surface area (Å²) in [7, 11) is 2.91. The lowest BCUT2D eigenvalue weighted by molar-refractivity contribution is -0.115. The maximum atomic E-state index is 13.4. The fourth-order valence-corrected chi connectivity index (χ4v) is 4.23. The number of anilines is 1. The van der Waals surface area contributed by atoms with Crippen molar-refractivity contribution in [2.45, 2.75) is 5.16 Å². The van der Waals surface area contributed by atoms with Crippen molar-refractivity contribution in [3.63, 3.8) is 0 Å². The molecule has 0 atom stereocenters. The fraction of sp³-hybridized carbons (Fsp3) is 0.120. The van der Waals surface area contributed by atoms with Crippen LogP contribution in [0.4, 0.5) is 10.1 Å². The number of amides is 1. The van der Waals surface area contributed by atoms with E-state index in [4.69, 9.17) is 4.74 Å². The van der Waals surface area contributed by atoms with E-state index in [1.807, 2.05) is 34.9 Å². The van der Waals surface area contributed by atoms with Crippen LogP contribution in [-0.4, -0.2) is 46.6 Å². The maximum absolute atomic E-state index is 13.4. The summed E-state index contributed by atoms with van der Waals surface area (Å²) >= 11 is 1.22. The van der Waals surface area contributed by atoms with Crippen molar-refractivity contribution in [1.29, 1.82) is 0 Å². The van der Waals surface area contributed by atoms with E-state index in [0.29, 0.717) is 27.8 Å². The lowest BCUT2D eigenvalue weighted by Crippen LogP contribution is -2.29. The van der Waals surface area contributed by atoms with Crippen molar-refractivity contribution in [3.05, 3.63) is 90.2 Å². The number of hydrogen-bond donors (Lipinski definition) is 0. The first kappa shape index (κ1) is 23.2. The minimum absolute atomic E-state index is 0.0559. The maximum Gasteiger partial charge on any atom is 0.339 e. The zero-order chi connectivity index (χ0) is 24.1. The Balaban J connectivity index is 1.61. The molecule has 7 nitrogen and oxygen atoms in total. The van der Waals surface area contributed by atoms with Gasteiger partial charge in [0.05, 0.1) is 24.1 Å². The van der Waals surface area contributed by atoms with Gasteiger partial charge in [-0.05, 0) is 48.5 Å². The number of esters is 1. The molecule has 1 amide bonds. The molecule has 0 aliphatic carbocycles. The van der Waals surface area contributed by atoms with Crippen molar-refractivity contribution in [3.8, 4) is 17.1 Å². The van der Waals surface area contributed by atoms with E-state index < -0.39 is 5.97 Å². The van der Waals surface area contributed by atoms with Gasteiger partial charge in [0.25, 0.3) is 0 Å². The molecular weight excluding hydrogens is 455 g/mol. The second kappa shape index (κ2) is 10.3. The highest BCUT2D eigenvalue weighted by Crippen LogP contribution is 2.29. The number of aromatic nitrogens is 3. The summed E-state index contributed by atoms with van der Waals surface area (Å²) in [6.45, 7) is 0. The highest BCUT2D eigenvalue weighted by molar-refractivity contribution is 7.99. The molecule has 0 unspecified atom stereocenters. The Morgan fingerprint density at radius 1 is 0.971 bits per heavy atom. The smallest absolute Gasteiger partial charge is 0.339 e. The molecule has 0 saturated carbocycles. The largest absolute Gasteiger partial charge is 0.465 e. The van der Waals surface area contributed by atoms with Gasteiger partial charge in [-0.15, -0.1) is 10.2 Å². The number of rotatable bonds is 7. The van der Waals surface area contributed by atoms with Crippen LogP contribution in [0.15, 0.2) is 84.0 Å². The highest BCUT2D eigenvalue weighted by atomic mass is 32.2. The van der Waals surface area contributed by atoms with Gasteiger partial charge < -0.3 is 9.64 Å². The summed E-state index contributed by atoms with van der Waals surface area (Å²) < 4.78 is 20.1. The van der Waals surface area contributed by atoms with Crippen LogP contribution < -0.4 is 4.90 Å². The van der Waals surface area contributed by atoms with Crippen LogP contribution >= 0.6 is 11.8 Å². The standard InChI is InChI=1S/C25H21FN4O3S/c1-29(21-11-7-6-10-20(21)24(32)33-2)22(31)16-34-25-28-27-23(17-12-14-18(26)15-13-17)30(25)19-8-4-3-5-9-19/h3-15H,16H2,1-2H3. The van der Waals surface area contributed by atoms with Crippen LogP contribution in [-0.2, 0) is 9.53 Å². The van der Waals surface area contributed by atoms with Crippen LogP contribution in [0.1, 0.15) is 10.4 Å². The van der Waals surface area contributed by atoms with Crippen molar-refractivity contribution in [2.75, 3.05) is 24.8 Å². The zero-order valence-electron chi connectivity index (χ0n) is 18.5. The number of carbonyl (C=O) groups is 2. The van der Waals surface area contributed by atoms with Crippen molar-refractivity contribution in [1.82, 2.24) is 14.8 Å². The van der Waals surface area contributed by atoms with Crippen molar-refractivity contribution >= 4 is 29.3 Å².